The molecule has 20 heavy (non-hydrogen) atoms. The van der Waals surface area contributed by atoms with Crippen molar-refractivity contribution in [2.45, 2.75) is 32.1 Å². The second-order valence-corrected chi connectivity index (χ2v) is 6.45. The molecule has 0 saturated carbocycles. The van der Waals surface area contributed by atoms with Crippen molar-refractivity contribution in [3.8, 4) is 0 Å². The minimum Gasteiger partial charge on any atom is -0.462 e. The Balaban J connectivity index is 4.32. The van der Waals surface area contributed by atoms with Gasteiger partial charge < -0.3 is 19.9 Å². The average Bonchev–Trinajstić information content (AvgIpc) is 2.31. The smallest absolute Gasteiger partial charge is 0.325 e. The van der Waals surface area contributed by atoms with Crippen LogP contribution in [0.1, 0.15) is 13.8 Å². The summed E-state index contributed by atoms with van der Waals surface area (Å²) in [6.45, 7) is 3.58. The fourth-order valence-electron chi connectivity index (χ4n) is 1.31. The van der Waals surface area contributed by atoms with Gasteiger partial charge in [-0.15, -0.1) is 0 Å². The molecule has 0 aliphatic heterocycles. The van der Waals surface area contributed by atoms with E-state index in [1.165, 1.54) is 7.11 Å². The Morgan fingerprint density at radius 2 is 1.90 bits per heavy atom. The highest BCUT2D eigenvalue weighted by Gasteiger charge is 2.19. The van der Waals surface area contributed by atoms with Gasteiger partial charge in [0.2, 0.25) is 10.0 Å². The molecule has 0 aliphatic rings. The summed E-state index contributed by atoms with van der Waals surface area (Å²) in [4.78, 5) is 11.5. The number of nitrogens with one attached hydrogen (secondary N) is 1. The van der Waals surface area contributed by atoms with Crippen molar-refractivity contribution in [1.29, 1.82) is 0 Å². The third-order valence-electron chi connectivity index (χ3n) is 2.10. The Morgan fingerprint density at radius 1 is 1.30 bits per heavy atom. The van der Waals surface area contributed by atoms with Crippen LogP contribution in [0, 0.1) is 0 Å². The molecule has 0 aromatic rings. The van der Waals surface area contributed by atoms with Gasteiger partial charge in [0.15, 0.2) is 0 Å². The molecule has 9 heteroatoms. The molecule has 0 radical (unpaired) electrons. The van der Waals surface area contributed by atoms with Gasteiger partial charge >= 0.3 is 5.97 Å². The molecule has 0 aromatic carbocycles. The third-order valence-corrected chi connectivity index (χ3v) is 2.79. The molecule has 0 spiro atoms. The summed E-state index contributed by atoms with van der Waals surface area (Å²) in [5, 5.41) is 0. The lowest BCUT2D eigenvalue weighted by Crippen LogP contribution is -2.41. The van der Waals surface area contributed by atoms with Crippen molar-refractivity contribution >= 4 is 16.0 Å². The number of hydrogen-bond donors (Lipinski definition) is 2. The molecule has 0 amide bonds. The first-order valence-corrected chi connectivity index (χ1v) is 8.06. The topological polar surface area (TPSA) is 117 Å². The predicted octanol–water partition coefficient (Wildman–Crippen LogP) is -1.15. The number of carbonyl (C=O) groups excluding carboxylic acids is 1. The third kappa shape index (κ3) is 10.1. The zero-order valence-electron chi connectivity index (χ0n) is 12.3. The van der Waals surface area contributed by atoms with Crippen LogP contribution in [-0.4, -0.2) is 65.8 Å². The molecular weight excluding hydrogens is 288 g/mol. The molecule has 120 valence electrons. The average molecular weight is 312 g/mol. The Bertz CT molecular complexity index is 384. The summed E-state index contributed by atoms with van der Waals surface area (Å²) in [7, 11) is -1.91. The minimum atomic E-state index is -3.33. The van der Waals surface area contributed by atoms with E-state index in [2.05, 4.69) is 4.72 Å². The van der Waals surface area contributed by atoms with Crippen LogP contribution in [0.3, 0.4) is 0 Å². The largest absolute Gasteiger partial charge is 0.462 e. The number of ether oxygens (including phenoxy) is 3. The lowest BCUT2D eigenvalue weighted by Gasteiger charge is -2.21. The highest BCUT2D eigenvalue weighted by Crippen LogP contribution is 2.00. The SMILES string of the molecule is COC[C@H](N)C(=O)OC[C@H](CNS(C)(=O)=O)OC(C)C. The van der Waals surface area contributed by atoms with Crippen LogP contribution >= 0.6 is 0 Å². The maximum absolute atomic E-state index is 11.5. The summed E-state index contributed by atoms with van der Waals surface area (Å²) in [6.07, 6.45) is 0.330. The zero-order valence-corrected chi connectivity index (χ0v) is 13.1. The first-order chi connectivity index (χ1) is 9.15. The molecule has 0 bridgehead atoms. The molecule has 2 atom stereocenters. The monoisotopic (exact) mass is 312 g/mol. The lowest BCUT2D eigenvalue weighted by atomic mass is 10.3. The first kappa shape index (κ1) is 19.3. The summed E-state index contributed by atoms with van der Waals surface area (Å²) in [5.41, 5.74) is 5.51. The van der Waals surface area contributed by atoms with Crippen molar-refractivity contribution in [3.63, 3.8) is 0 Å². The second kappa shape index (κ2) is 9.24. The van der Waals surface area contributed by atoms with Crippen molar-refractivity contribution in [1.82, 2.24) is 4.72 Å². The molecule has 3 N–H and O–H groups in total. The Labute approximate surface area is 120 Å². The summed E-state index contributed by atoms with van der Waals surface area (Å²) in [6, 6.07) is -0.873. The molecule has 0 fully saturated rings. The van der Waals surface area contributed by atoms with Crippen LogP contribution in [0.25, 0.3) is 0 Å². The number of hydrogen-bond acceptors (Lipinski definition) is 7. The van der Waals surface area contributed by atoms with Gasteiger partial charge in [-0.25, -0.2) is 13.1 Å². The van der Waals surface area contributed by atoms with Gasteiger partial charge in [0.1, 0.15) is 18.8 Å². The highest BCUT2D eigenvalue weighted by molar-refractivity contribution is 7.88. The Morgan fingerprint density at radius 3 is 2.35 bits per heavy atom. The van der Waals surface area contributed by atoms with E-state index >= 15 is 0 Å². The number of carbonyl (C=O) groups is 1. The maximum atomic E-state index is 11.5. The summed E-state index contributed by atoms with van der Waals surface area (Å²) >= 11 is 0. The fourth-order valence-corrected chi connectivity index (χ4v) is 1.79. The highest BCUT2D eigenvalue weighted by atomic mass is 32.2. The standard InChI is InChI=1S/C11H24N2O6S/c1-8(2)19-9(5-13-20(4,15)16)6-18-11(14)10(12)7-17-3/h8-10,13H,5-7,12H2,1-4H3/t9-,10-/m0/s1. The van der Waals surface area contributed by atoms with E-state index in [0.717, 1.165) is 6.26 Å². The van der Waals surface area contributed by atoms with E-state index < -0.39 is 28.1 Å². The lowest BCUT2D eigenvalue weighted by molar-refractivity contribution is -0.151. The van der Waals surface area contributed by atoms with E-state index in [0.29, 0.717) is 0 Å². The molecule has 0 aromatic heterocycles. The fraction of sp³-hybridized carbons (Fsp3) is 0.909. The number of esters is 1. The zero-order chi connectivity index (χ0) is 15.8. The predicted molar refractivity (Wildman–Crippen MR) is 73.7 cm³/mol. The van der Waals surface area contributed by atoms with Crippen LogP contribution in [0.4, 0.5) is 0 Å². The van der Waals surface area contributed by atoms with Gasteiger partial charge in [0.25, 0.3) is 0 Å². The van der Waals surface area contributed by atoms with Gasteiger partial charge in [-0.2, -0.15) is 0 Å². The van der Waals surface area contributed by atoms with Crippen LogP contribution in [-0.2, 0) is 29.0 Å². The van der Waals surface area contributed by atoms with Crippen molar-refractivity contribution in [3.05, 3.63) is 0 Å². The molecule has 0 unspecified atom stereocenters. The maximum Gasteiger partial charge on any atom is 0.325 e. The van der Waals surface area contributed by atoms with Gasteiger partial charge in [-0.1, -0.05) is 0 Å². The van der Waals surface area contributed by atoms with Crippen LogP contribution in [0.2, 0.25) is 0 Å². The Hall–Kier alpha value is -0.740. The number of sulfonamides is 1. The number of rotatable bonds is 10. The quantitative estimate of drug-likeness (QED) is 0.489. The minimum absolute atomic E-state index is 0.0177. The van der Waals surface area contributed by atoms with E-state index in [1.807, 2.05) is 0 Å². The Kier molecular flexibility index (Phi) is 8.90. The van der Waals surface area contributed by atoms with E-state index in [-0.39, 0.29) is 25.9 Å². The van der Waals surface area contributed by atoms with Crippen LogP contribution < -0.4 is 10.5 Å². The molecule has 0 rings (SSSR count). The van der Waals surface area contributed by atoms with E-state index in [1.54, 1.807) is 13.8 Å². The van der Waals surface area contributed by atoms with Gasteiger partial charge in [-0.05, 0) is 13.8 Å². The summed E-state index contributed by atoms with van der Waals surface area (Å²) < 4.78 is 39.6. The second-order valence-electron chi connectivity index (χ2n) is 4.62. The van der Waals surface area contributed by atoms with Crippen LogP contribution in [0.5, 0.6) is 0 Å². The normalized spacial score (nSPS) is 15.1. The first-order valence-electron chi connectivity index (χ1n) is 6.17. The molecular formula is C11H24N2O6S. The van der Waals surface area contributed by atoms with E-state index in [9.17, 15) is 13.2 Å². The van der Waals surface area contributed by atoms with Gasteiger partial charge in [-0.3, -0.25) is 4.79 Å². The summed E-state index contributed by atoms with van der Waals surface area (Å²) in [5.74, 6) is -0.622. The number of nitrogens with two attached hydrogens (primary N) is 1. The van der Waals surface area contributed by atoms with Crippen molar-refractivity contribution in [2.75, 3.05) is 33.1 Å². The molecule has 0 aliphatic carbocycles. The van der Waals surface area contributed by atoms with Gasteiger partial charge in [0.05, 0.1) is 19.0 Å². The molecule has 0 saturated heterocycles. The van der Waals surface area contributed by atoms with E-state index in [4.69, 9.17) is 19.9 Å². The van der Waals surface area contributed by atoms with Crippen LogP contribution in [0.15, 0.2) is 0 Å². The van der Waals surface area contributed by atoms with Crippen molar-refractivity contribution in [2.24, 2.45) is 5.73 Å². The van der Waals surface area contributed by atoms with Crippen molar-refractivity contribution < 1.29 is 27.4 Å². The molecule has 0 heterocycles. The number of methoxy groups -OCH3 is 1. The van der Waals surface area contributed by atoms with Gasteiger partial charge in [0, 0.05) is 13.7 Å². The molecule has 8 nitrogen and oxygen atoms in total.